The van der Waals surface area contributed by atoms with Gasteiger partial charge in [0.05, 0.1) is 11.8 Å². The second-order valence-corrected chi connectivity index (χ2v) is 8.43. The average molecular weight is 417 g/mol. The quantitative estimate of drug-likeness (QED) is 0.607. The predicted molar refractivity (Wildman–Crippen MR) is 101 cm³/mol. The smallest absolute Gasteiger partial charge is 0.247 e. The van der Waals surface area contributed by atoms with Crippen LogP contribution in [-0.2, 0) is 14.4 Å². The number of amides is 3. The lowest BCUT2D eigenvalue weighted by Gasteiger charge is -2.24. The van der Waals surface area contributed by atoms with Crippen LogP contribution in [0, 0.1) is 37.5 Å². The Morgan fingerprint density at radius 1 is 1.12 bits per heavy atom. The summed E-state index contributed by atoms with van der Waals surface area (Å²) < 4.78 is 1.00. The van der Waals surface area contributed by atoms with Crippen LogP contribution in [0.25, 0.3) is 0 Å². The largest absolute Gasteiger partial charge is 0.324 e. The summed E-state index contributed by atoms with van der Waals surface area (Å²) in [5.41, 5.74) is 2.69. The van der Waals surface area contributed by atoms with Gasteiger partial charge in [-0.25, -0.2) is 0 Å². The van der Waals surface area contributed by atoms with Gasteiger partial charge in [-0.3, -0.25) is 19.3 Å². The van der Waals surface area contributed by atoms with E-state index in [1.807, 2.05) is 26.0 Å². The van der Waals surface area contributed by atoms with E-state index in [1.165, 1.54) is 4.90 Å². The topological polar surface area (TPSA) is 66.5 Å². The van der Waals surface area contributed by atoms with Crippen LogP contribution in [0.3, 0.4) is 0 Å². The molecule has 0 radical (unpaired) electrons. The van der Waals surface area contributed by atoms with Crippen LogP contribution in [0.2, 0.25) is 0 Å². The molecule has 1 N–H and O–H groups in total. The van der Waals surface area contributed by atoms with E-state index in [9.17, 15) is 14.4 Å². The van der Waals surface area contributed by atoms with Crippen molar-refractivity contribution in [3.05, 3.63) is 39.9 Å². The number of likely N-dealkylation sites (tertiary alicyclic amines) is 1. The lowest BCUT2D eigenvalue weighted by atomic mass is 9.85. The third kappa shape index (κ3) is 2.46. The highest BCUT2D eigenvalue weighted by molar-refractivity contribution is 9.10. The van der Waals surface area contributed by atoms with Gasteiger partial charge in [-0.1, -0.05) is 28.1 Å². The highest BCUT2D eigenvalue weighted by atomic mass is 79.9. The van der Waals surface area contributed by atoms with Crippen molar-refractivity contribution >= 4 is 39.3 Å². The fraction of sp³-hybridized carbons (Fsp3) is 0.450. The Balaban J connectivity index is 1.53. The van der Waals surface area contributed by atoms with Crippen LogP contribution in [-0.4, -0.2) is 28.7 Å². The van der Waals surface area contributed by atoms with Crippen LogP contribution in [0.5, 0.6) is 0 Å². The molecule has 2 fully saturated rings. The molecule has 2 aliphatic carbocycles. The summed E-state index contributed by atoms with van der Waals surface area (Å²) in [4.78, 5) is 39.5. The van der Waals surface area contributed by atoms with Gasteiger partial charge in [0.2, 0.25) is 17.7 Å². The summed E-state index contributed by atoms with van der Waals surface area (Å²) >= 11 is 3.51. The Hall–Kier alpha value is -1.95. The van der Waals surface area contributed by atoms with E-state index in [0.29, 0.717) is 5.69 Å². The molecule has 1 aromatic carbocycles. The van der Waals surface area contributed by atoms with E-state index in [4.69, 9.17) is 0 Å². The summed E-state index contributed by atoms with van der Waals surface area (Å²) in [5, 5.41) is 2.85. The molecule has 1 heterocycles. The van der Waals surface area contributed by atoms with Crippen molar-refractivity contribution in [3.8, 4) is 0 Å². The van der Waals surface area contributed by atoms with Crippen molar-refractivity contribution in [3.63, 3.8) is 0 Å². The number of nitrogens with one attached hydrogen (secondary N) is 1. The molecule has 26 heavy (non-hydrogen) atoms. The maximum atomic E-state index is 12.8. The van der Waals surface area contributed by atoms with Crippen molar-refractivity contribution in [2.45, 2.75) is 33.2 Å². The highest BCUT2D eigenvalue weighted by Crippen LogP contribution is 2.52. The summed E-state index contributed by atoms with van der Waals surface area (Å²) in [6.07, 6.45) is 5.00. The fourth-order valence-electron chi connectivity index (χ4n) is 4.69. The van der Waals surface area contributed by atoms with Gasteiger partial charge in [-0.2, -0.15) is 0 Å². The lowest BCUT2D eigenvalue weighted by molar-refractivity contribution is -0.146. The number of aryl methyl sites for hydroxylation is 2. The van der Waals surface area contributed by atoms with E-state index >= 15 is 0 Å². The molecule has 1 aromatic rings. The first kappa shape index (κ1) is 17.5. The first-order valence-electron chi connectivity index (χ1n) is 8.92. The van der Waals surface area contributed by atoms with E-state index in [-0.39, 0.29) is 41.4 Å². The zero-order chi connectivity index (χ0) is 18.7. The van der Waals surface area contributed by atoms with Crippen molar-refractivity contribution in [1.29, 1.82) is 0 Å². The second kappa shape index (κ2) is 6.05. The highest BCUT2D eigenvalue weighted by Gasteiger charge is 2.60. The molecule has 5 atom stereocenters. The molecule has 4 rings (SSSR count). The molecule has 0 unspecified atom stereocenters. The minimum absolute atomic E-state index is 0.151. The third-order valence-corrected chi connectivity index (χ3v) is 7.23. The Labute approximate surface area is 160 Å². The number of anilines is 1. The van der Waals surface area contributed by atoms with Crippen molar-refractivity contribution in [1.82, 2.24) is 4.90 Å². The molecular formula is C20H21BrN2O3. The van der Waals surface area contributed by atoms with Crippen LogP contribution in [0.15, 0.2) is 28.8 Å². The van der Waals surface area contributed by atoms with Crippen LogP contribution >= 0.6 is 15.9 Å². The average Bonchev–Trinajstić information content (AvgIpc) is 3.26. The van der Waals surface area contributed by atoms with Crippen molar-refractivity contribution in [2.75, 3.05) is 5.32 Å². The van der Waals surface area contributed by atoms with Gasteiger partial charge in [-0.05, 0) is 62.3 Å². The van der Waals surface area contributed by atoms with E-state index < -0.39 is 6.04 Å². The number of nitrogens with zero attached hydrogens (tertiary/aromatic N) is 1. The standard InChI is InChI=1S/C20H21BrN2O3/c1-9-6-14(7-10(2)17(9)21)22-18(24)11(3)23-19(25)15-12-4-5-13(8-12)16(15)20(23)26/h4-7,11-13,15-16H,8H2,1-3H3,(H,22,24)/t11-,12+,13+,15+,16+/m1/s1. The van der Waals surface area contributed by atoms with Gasteiger partial charge in [0.25, 0.3) is 0 Å². The predicted octanol–water partition coefficient (Wildman–Crippen LogP) is 3.20. The van der Waals surface area contributed by atoms with Gasteiger partial charge in [0, 0.05) is 10.2 Å². The van der Waals surface area contributed by atoms with Gasteiger partial charge in [0.1, 0.15) is 6.04 Å². The SMILES string of the molecule is Cc1cc(NC(=O)[C@@H](C)N2C(=O)[C@@H]3[C@@H](C2=O)[C@H]2C=C[C@H]3C2)cc(C)c1Br. The van der Waals surface area contributed by atoms with Crippen LogP contribution < -0.4 is 5.32 Å². The summed E-state index contributed by atoms with van der Waals surface area (Å²) in [7, 11) is 0. The molecule has 6 heteroatoms. The minimum Gasteiger partial charge on any atom is -0.324 e. The number of halogens is 1. The van der Waals surface area contributed by atoms with Crippen molar-refractivity contribution < 1.29 is 14.4 Å². The maximum absolute atomic E-state index is 12.8. The number of rotatable bonds is 3. The maximum Gasteiger partial charge on any atom is 0.247 e. The van der Waals surface area contributed by atoms with Crippen molar-refractivity contribution in [2.24, 2.45) is 23.7 Å². The van der Waals surface area contributed by atoms with Crippen LogP contribution in [0.4, 0.5) is 5.69 Å². The molecule has 136 valence electrons. The summed E-state index contributed by atoms with van der Waals surface area (Å²) in [6, 6.07) is 2.92. The number of hydrogen-bond donors (Lipinski definition) is 1. The molecule has 3 aliphatic rings. The number of carbonyl (C=O) groups is 3. The molecule has 1 aliphatic heterocycles. The minimum atomic E-state index is -0.816. The number of fused-ring (bicyclic) bond motifs is 5. The molecular weight excluding hydrogens is 396 g/mol. The zero-order valence-electron chi connectivity index (χ0n) is 15.0. The van der Waals surface area contributed by atoms with Gasteiger partial charge >= 0.3 is 0 Å². The summed E-state index contributed by atoms with van der Waals surface area (Å²) in [6.45, 7) is 5.53. The lowest BCUT2D eigenvalue weighted by Crippen LogP contribution is -2.46. The molecule has 5 nitrogen and oxygen atoms in total. The summed E-state index contributed by atoms with van der Waals surface area (Å²) in [5.74, 6) is -0.967. The number of hydrogen-bond acceptors (Lipinski definition) is 3. The Kier molecular flexibility index (Phi) is 4.06. The normalized spacial score (nSPS) is 30.1. The molecule has 0 aromatic heterocycles. The van der Waals surface area contributed by atoms with Crippen LogP contribution in [0.1, 0.15) is 24.5 Å². The molecule has 1 saturated heterocycles. The van der Waals surface area contributed by atoms with E-state index in [0.717, 1.165) is 22.0 Å². The number of carbonyl (C=O) groups excluding carboxylic acids is 3. The van der Waals surface area contributed by atoms with E-state index in [1.54, 1.807) is 6.92 Å². The Morgan fingerprint density at radius 3 is 2.12 bits per heavy atom. The second-order valence-electron chi connectivity index (χ2n) is 7.64. The zero-order valence-corrected chi connectivity index (χ0v) is 16.5. The first-order chi connectivity index (χ1) is 12.3. The van der Waals surface area contributed by atoms with Gasteiger partial charge in [-0.15, -0.1) is 0 Å². The molecule has 0 spiro atoms. The number of benzene rings is 1. The first-order valence-corrected chi connectivity index (χ1v) is 9.71. The number of imide groups is 1. The van der Waals surface area contributed by atoms with E-state index in [2.05, 4.69) is 33.4 Å². The Bertz CT molecular complexity index is 810. The molecule has 2 bridgehead atoms. The Morgan fingerprint density at radius 2 is 1.62 bits per heavy atom. The van der Waals surface area contributed by atoms with Gasteiger partial charge in [0.15, 0.2) is 0 Å². The monoisotopic (exact) mass is 416 g/mol. The third-order valence-electron chi connectivity index (χ3n) is 5.98. The fourth-order valence-corrected chi connectivity index (χ4v) is 4.92. The number of allylic oxidation sites excluding steroid dienone is 2. The molecule has 1 saturated carbocycles. The van der Waals surface area contributed by atoms with Gasteiger partial charge < -0.3 is 5.32 Å². The molecule has 3 amide bonds.